The highest BCUT2D eigenvalue weighted by molar-refractivity contribution is 14.1. The first kappa shape index (κ1) is 18.2. The number of hydrogen-bond acceptors (Lipinski definition) is 3. The molecule has 1 saturated heterocycles. The molecule has 0 N–H and O–H groups in total. The lowest BCUT2D eigenvalue weighted by molar-refractivity contribution is 0.0664. The quantitative estimate of drug-likeness (QED) is 0.527. The predicted octanol–water partition coefficient (Wildman–Crippen LogP) is 3.68. The second kappa shape index (κ2) is 8.19. The lowest BCUT2D eigenvalue weighted by Crippen LogP contribution is -2.47. The highest BCUT2D eigenvalue weighted by Gasteiger charge is 2.21. The van der Waals surface area contributed by atoms with E-state index < -0.39 is 0 Å². The van der Waals surface area contributed by atoms with Gasteiger partial charge in [0.2, 0.25) is 0 Å². The Morgan fingerprint density at radius 2 is 1.84 bits per heavy atom. The van der Waals surface area contributed by atoms with Crippen LogP contribution in [0.3, 0.4) is 0 Å². The maximum atomic E-state index is 12.8. The normalized spacial score (nSPS) is 15.2. The van der Waals surface area contributed by atoms with Crippen molar-refractivity contribution in [1.29, 1.82) is 0 Å². The van der Waals surface area contributed by atoms with Gasteiger partial charge in [-0.15, -0.1) is 0 Å². The van der Waals surface area contributed by atoms with Crippen LogP contribution in [0.5, 0.6) is 5.75 Å². The Kier molecular flexibility index (Phi) is 5.96. The third-order valence-corrected chi connectivity index (χ3v) is 5.46. The van der Waals surface area contributed by atoms with Crippen molar-refractivity contribution in [2.75, 3.05) is 40.3 Å². The molecule has 0 aliphatic carbocycles. The summed E-state index contributed by atoms with van der Waals surface area (Å²) in [5, 5.41) is 0. The third-order valence-electron chi connectivity index (χ3n) is 4.70. The van der Waals surface area contributed by atoms with E-state index in [-0.39, 0.29) is 5.91 Å². The van der Waals surface area contributed by atoms with Crippen molar-refractivity contribution in [3.05, 3.63) is 53.6 Å². The zero-order valence-corrected chi connectivity index (χ0v) is 16.8. The molecule has 132 valence electrons. The number of hydrogen-bond donors (Lipinski definition) is 0. The number of carbonyl (C=O) groups excluding carboxylic acids is 1. The van der Waals surface area contributed by atoms with E-state index in [1.165, 1.54) is 0 Å². The van der Waals surface area contributed by atoms with Gasteiger partial charge in [-0.25, -0.2) is 0 Å². The number of halogens is 1. The van der Waals surface area contributed by atoms with Gasteiger partial charge in [-0.3, -0.25) is 4.79 Å². The van der Waals surface area contributed by atoms with Crippen molar-refractivity contribution in [2.45, 2.75) is 4.43 Å². The van der Waals surface area contributed by atoms with Gasteiger partial charge in [-0.05, 0) is 36.4 Å². The second-order valence-corrected chi connectivity index (χ2v) is 7.06. The minimum Gasteiger partial charge on any atom is -0.496 e. The van der Waals surface area contributed by atoms with Crippen molar-refractivity contribution in [3.8, 4) is 16.9 Å². The minimum absolute atomic E-state index is 0.119. The molecule has 5 heteroatoms. The standard InChI is InChI=1S/C20H23IN2O2/c1-22-9-11-23(12-10-22)20(24)16-6-3-5-15(13-16)17-7-4-8-19(25-2)18(17)14-21/h3-8,13H,9-12,14H2,1-2H3. The van der Waals surface area contributed by atoms with Crippen molar-refractivity contribution in [1.82, 2.24) is 9.80 Å². The van der Waals surface area contributed by atoms with Gasteiger partial charge in [-0.2, -0.15) is 0 Å². The maximum Gasteiger partial charge on any atom is 0.253 e. The summed E-state index contributed by atoms with van der Waals surface area (Å²) in [7, 11) is 3.79. The zero-order chi connectivity index (χ0) is 17.8. The zero-order valence-electron chi connectivity index (χ0n) is 14.7. The van der Waals surface area contributed by atoms with Crippen molar-refractivity contribution in [2.24, 2.45) is 0 Å². The SMILES string of the molecule is COc1cccc(-c2cccc(C(=O)N3CCN(C)CC3)c2)c1CI. The van der Waals surface area contributed by atoms with Crippen LogP contribution in [-0.2, 0) is 4.43 Å². The first-order valence-corrected chi connectivity index (χ1v) is 9.96. The van der Waals surface area contributed by atoms with Crippen LogP contribution in [0.1, 0.15) is 15.9 Å². The number of methoxy groups -OCH3 is 1. The number of nitrogens with zero attached hydrogens (tertiary/aromatic N) is 2. The van der Waals surface area contributed by atoms with Crippen molar-refractivity contribution < 1.29 is 9.53 Å². The molecule has 0 radical (unpaired) electrons. The van der Waals surface area contributed by atoms with Crippen LogP contribution >= 0.6 is 22.6 Å². The van der Waals surface area contributed by atoms with Gasteiger partial charge in [0.15, 0.2) is 0 Å². The van der Waals surface area contributed by atoms with Crippen LogP contribution in [0.15, 0.2) is 42.5 Å². The summed E-state index contributed by atoms with van der Waals surface area (Å²) in [5.74, 6) is 1.01. The summed E-state index contributed by atoms with van der Waals surface area (Å²) < 4.78 is 6.35. The Labute approximate surface area is 162 Å². The molecule has 0 unspecified atom stereocenters. The summed E-state index contributed by atoms with van der Waals surface area (Å²) in [6, 6.07) is 14.0. The smallest absolute Gasteiger partial charge is 0.253 e. The predicted molar refractivity (Wildman–Crippen MR) is 110 cm³/mol. The molecule has 0 saturated carbocycles. The topological polar surface area (TPSA) is 32.8 Å². The summed E-state index contributed by atoms with van der Waals surface area (Å²) >= 11 is 2.35. The average Bonchev–Trinajstić information content (AvgIpc) is 2.67. The van der Waals surface area contributed by atoms with Crippen molar-refractivity contribution >= 4 is 28.5 Å². The molecule has 3 rings (SSSR count). The Morgan fingerprint density at radius 1 is 1.12 bits per heavy atom. The van der Waals surface area contributed by atoms with Crippen LogP contribution in [0, 0.1) is 0 Å². The molecular weight excluding hydrogens is 427 g/mol. The van der Waals surface area contributed by atoms with E-state index in [1.807, 2.05) is 35.2 Å². The second-order valence-electron chi connectivity index (χ2n) is 6.30. The number of alkyl halides is 1. The fourth-order valence-corrected chi connectivity index (χ4v) is 3.96. The van der Waals surface area contributed by atoms with E-state index in [2.05, 4.69) is 46.7 Å². The third kappa shape index (κ3) is 3.98. The number of rotatable bonds is 4. The van der Waals surface area contributed by atoms with Crippen LogP contribution in [0.25, 0.3) is 11.1 Å². The molecule has 1 amide bonds. The molecule has 0 atom stereocenters. The van der Waals surface area contributed by atoms with Crippen LogP contribution in [-0.4, -0.2) is 56.0 Å². The van der Waals surface area contributed by atoms with Gasteiger partial charge in [0.25, 0.3) is 5.91 Å². The summed E-state index contributed by atoms with van der Waals surface area (Å²) in [5.41, 5.74) is 4.10. The number of piperazine rings is 1. The number of benzene rings is 2. The first-order chi connectivity index (χ1) is 12.1. The molecule has 0 bridgehead atoms. The van der Waals surface area contributed by atoms with Gasteiger partial charge in [0.1, 0.15) is 5.75 Å². The lowest BCUT2D eigenvalue weighted by atomic mass is 9.98. The molecule has 0 aromatic heterocycles. The van der Waals surface area contributed by atoms with Gasteiger partial charge in [0, 0.05) is 41.7 Å². The Morgan fingerprint density at radius 3 is 2.52 bits per heavy atom. The molecule has 0 spiro atoms. The summed E-state index contributed by atoms with van der Waals surface area (Å²) in [6.07, 6.45) is 0. The number of carbonyl (C=O) groups is 1. The van der Waals surface area contributed by atoms with Gasteiger partial charge in [-0.1, -0.05) is 46.9 Å². The van der Waals surface area contributed by atoms with Gasteiger partial charge >= 0.3 is 0 Å². The van der Waals surface area contributed by atoms with Crippen LogP contribution in [0.2, 0.25) is 0 Å². The van der Waals surface area contributed by atoms with Crippen LogP contribution in [0.4, 0.5) is 0 Å². The monoisotopic (exact) mass is 450 g/mol. The largest absolute Gasteiger partial charge is 0.496 e. The number of amides is 1. The first-order valence-electron chi connectivity index (χ1n) is 8.44. The highest BCUT2D eigenvalue weighted by atomic mass is 127. The van der Waals surface area contributed by atoms with E-state index in [4.69, 9.17) is 4.74 Å². The van der Waals surface area contributed by atoms with E-state index in [9.17, 15) is 4.79 Å². The fraction of sp³-hybridized carbons (Fsp3) is 0.350. The van der Waals surface area contributed by atoms with E-state index in [0.29, 0.717) is 0 Å². The molecule has 4 nitrogen and oxygen atoms in total. The molecular formula is C20H23IN2O2. The summed E-state index contributed by atoms with van der Waals surface area (Å²) in [4.78, 5) is 17.1. The highest BCUT2D eigenvalue weighted by Crippen LogP contribution is 2.33. The average molecular weight is 450 g/mol. The fourth-order valence-electron chi connectivity index (χ4n) is 3.18. The van der Waals surface area contributed by atoms with E-state index in [0.717, 1.165) is 58.6 Å². The molecule has 1 aliphatic rings. The molecule has 1 fully saturated rings. The van der Waals surface area contributed by atoms with Crippen molar-refractivity contribution in [3.63, 3.8) is 0 Å². The lowest BCUT2D eigenvalue weighted by Gasteiger charge is -2.32. The maximum absolute atomic E-state index is 12.8. The van der Waals surface area contributed by atoms with E-state index in [1.54, 1.807) is 7.11 Å². The van der Waals surface area contributed by atoms with Crippen LogP contribution < -0.4 is 4.74 Å². The van der Waals surface area contributed by atoms with Gasteiger partial charge in [0.05, 0.1) is 7.11 Å². The number of likely N-dealkylation sites (N-methyl/N-ethyl adjacent to an activating group) is 1. The Bertz CT molecular complexity index is 755. The minimum atomic E-state index is 0.119. The molecule has 1 aliphatic heterocycles. The Balaban J connectivity index is 1.91. The molecule has 1 heterocycles. The molecule has 25 heavy (non-hydrogen) atoms. The molecule has 2 aromatic rings. The van der Waals surface area contributed by atoms with E-state index >= 15 is 0 Å². The Hall–Kier alpha value is -1.60. The number of ether oxygens (including phenoxy) is 1. The summed E-state index contributed by atoms with van der Waals surface area (Å²) in [6.45, 7) is 3.44. The molecule has 2 aromatic carbocycles. The van der Waals surface area contributed by atoms with Gasteiger partial charge < -0.3 is 14.5 Å².